The molecule has 2 aromatic carbocycles. The third kappa shape index (κ3) is 4.42. The summed E-state index contributed by atoms with van der Waals surface area (Å²) in [4.78, 5) is 41.1. The topological polar surface area (TPSA) is 104 Å². The van der Waals surface area contributed by atoms with Gasteiger partial charge in [0, 0.05) is 18.6 Å². The number of non-ortho nitro benzene ring substituents is 1. The van der Waals surface area contributed by atoms with Gasteiger partial charge in [0.1, 0.15) is 9.71 Å². The van der Waals surface area contributed by atoms with Crippen molar-refractivity contribution in [2.45, 2.75) is 19.9 Å². The summed E-state index contributed by atoms with van der Waals surface area (Å²) in [6.07, 6.45) is 2.03. The summed E-state index contributed by atoms with van der Waals surface area (Å²) in [7, 11) is 0. The molecule has 0 spiro atoms. The Morgan fingerprint density at radius 2 is 1.84 bits per heavy atom. The molecule has 4 rings (SSSR count). The van der Waals surface area contributed by atoms with E-state index in [1.54, 1.807) is 19.1 Å². The van der Waals surface area contributed by atoms with E-state index in [0.29, 0.717) is 27.1 Å². The first kappa shape index (κ1) is 21.4. The molecule has 0 radical (unpaired) electrons. The molecule has 8 nitrogen and oxygen atoms in total. The Labute approximate surface area is 186 Å². The van der Waals surface area contributed by atoms with Gasteiger partial charge in [-0.1, -0.05) is 42.5 Å². The first-order valence-corrected chi connectivity index (χ1v) is 10.7. The van der Waals surface area contributed by atoms with Crippen LogP contribution >= 0.6 is 11.3 Å². The number of nitro benzene ring substituents is 1. The summed E-state index contributed by atoms with van der Waals surface area (Å²) < 4.78 is 6.84. The summed E-state index contributed by atoms with van der Waals surface area (Å²) >= 11 is 1.14. The number of nitro groups is 1. The number of thiophene rings is 1. The molecule has 2 heterocycles. The highest BCUT2D eigenvalue weighted by Gasteiger charge is 2.20. The molecular weight excluding hydrogens is 430 g/mol. The van der Waals surface area contributed by atoms with E-state index >= 15 is 0 Å². The average molecular weight is 449 g/mol. The minimum atomic E-state index is -0.473. The van der Waals surface area contributed by atoms with Gasteiger partial charge in [-0.05, 0) is 23.6 Å². The van der Waals surface area contributed by atoms with Crippen LogP contribution in [0.1, 0.15) is 26.4 Å². The zero-order chi connectivity index (χ0) is 22.7. The Morgan fingerprint density at radius 1 is 1.12 bits per heavy atom. The predicted octanol–water partition coefficient (Wildman–Crippen LogP) is 4.12. The maximum atomic E-state index is 13.0. The number of ether oxygens (including phenoxy) is 1. The number of aromatic nitrogens is 2. The predicted molar refractivity (Wildman–Crippen MR) is 121 cm³/mol. The lowest BCUT2D eigenvalue weighted by Gasteiger charge is -2.06. The van der Waals surface area contributed by atoms with Crippen molar-refractivity contribution in [2.75, 3.05) is 6.61 Å². The molecule has 162 valence electrons. The van der Waals surface area contributed by atoms with Crippen molar-refractivity contribution in [1.82, 2.24) is 9.55 Å². The number of rotatable bonds is 7. The number of esters is 1. The van der Waals surface area contributed by atoms with Gasteiger partial charge in [-0.25, -0.2) is 9.78 Å². The van der Waals surface area contributed by atoms with Crippen LogP contribution in [0.25, 0.3) is 10.2 Å². The van der Waals surface area contributed by atoms with Crippen molar-refractivity contribution in [2.24, 2.45) is 0 Å². The van der Waals surface area contributed by atoms with Gasteiger partial charge in [-0.3, -0.25) is 19.5 Å². The van der Waals surface area contributed by atoms with Crippen LogP contribution in [0.3, 0.4) is 0 Å². The molecule has 0 aliphatic heterocycles. The first-order chi connectivity index (χ1) is 15.4. The van der Waals surface area contributed by atoms with Crippen LogP contribution in [0.2, 0.25) is 0 Å². The van der Waals surface area contributed by atoms with Crippen LogP contribution < -0.4 is 5.56 Å². The zero-order valence-electron chi connectivity index (χ0n) is 17.2. The van der Waals surface area contributed by atoms with Crippen molar-refractivity contribution in [3.8, 4) is 0 Å². The number of aryl methyl sites for hydroxylation is 1. The fourth-order valence-electron chi connectivity index (χ4n) is 3.36. The first-order valence-electron chi connectivity index (χ1n) is 9.87. The molecule has 0 N–H and O–H groups in total. The van der Waals surface area contributed by atoms with Crippen LogP contribution in [-0.2, 0) is 17.7 Å². The van der Waals surface area contributed by atoms with E-state index in [0.717, 1.165) is 22.5 Å². The Morgan fingerprint density at radius 3 is 2.53 bits per heavy atom. The number of nitrogens with zero attached hydrogens (tertiary/aromatic N) is 3. The molecule has 2 aromatic heterocycles. The van der Waals surface area contributed by atoms with Gasteiger partial charge in [0.15, 0.2) is 0 Å². The molecule has 4 aromatic rings. The molecule has 0 amide bonds. The highest BCUT2D eigenvalue weighted by molar-refractivity contribution is 7.20. The van der Waals surface area contributed by atoms with E-state index in [1.807, 2.05) is 30.3 Å². The van der Waals surface area contributed by atoms with Crippen LogP contribution in [0.15, 0.2) is 65.7 Å². The SMILES string of the molecule is Cc1c(C(=O)OCCc2ccccc2)sc2ncn(Cc3ccc([N+](=O)[O-])cc3)c(=O)c12. The van der Waals surface area contributed by atoms with Gasteiger partial charge in [-0.15, -0.1) is 11.3 Å². The summed E-state index contributed by atoms with van der Waals surface area (Å²) in [6, 6.07) is 15.7. The normalized spacial score (nSPS) is 10.9. The third-order valence-electron chi connectivity index (χ3n) is 5.07. The number of hydrogen-bond donors (Lipinski definition) is 0. The van der Waals surface area contributed by atoms with Crippen molar-refractivity contribution in [3.63, 3.8) is 0 Å². The molecule has 0 aliphatic rings. The molecule has 0 saturated heterocycles. The number of fused-ring (bicyclic) bond motifs is 1. The van der Waals surface area contributed by atoms with Gasteiger partial charge in [0.05, 0.1) is 29.8 Å². The van der Waals surface area contributed by atoms with Crippen molar-refractivity contribution < 1.29 is 14.5 Å². The lowest BCUT2D eigenvalue weighted by atomic mass is 10.2. The maximum absolute atomic E-state index is 13.0. The minimum Gasteiger partial charge on any atom is -0.461 e. The van der Waals surface area contributed by atoms with Crippen LogP contribution in [0.5, 0.6) is 0 Å². The van der Waals surface area contributed by atoms with Crippen LogP contribution in [-0.4, -0.2) is 27.1 Å². The fourth-order valence-corrected chi connectivity index (χ4v) is 4.39. The standard InChI is InChI=1S/C23H19N3O5S/c1-15-19-21(32-20(15)23(28)31-12-11-16-5-3-2-4-6-16)24-14-25(22(19)27)13-17-7-9-18(10-8-17)26(29)30/h2-10,14H,11-13H2,1H3. The number of benzene rings is 2. The van der Waals surface area contributed by atoms with Crippen LogP contribution in [0.4, 0.5) is 5.69 Å². The third-order valence-corrected chi connectivity index (χ3v) is 6.25. The molecule has 0 saturated carbocycles. The largest absolute Gasteiger partial charge is 0.461 e. The van der Waals surface area contributed by atoms with Crippen molar-refractivity contribution >= 4 is 33.2 Å². The van der Waals surface area contributed by atoms with Crippen molar-refractivity contribution in [1.29, 1.82) is 0 Å². The molecule has 0 fully saturated rings. The summed E-state index contributed by atoms with van der Waals surface area (Å²) in [5, 5.41) is 11.2. The van der Waals surface area contributed by atoms with E-state index in [-0.39, 0.29) is 24.4 Å². The van der Waals surface area contributed by atoms with Gasteiger partial charge < -0.3 is 4.74 Å². The number of carbonyl (C=O) groups excluding carboxylic acids is 1. The Hall–Kier alpha value is -3.85. The molecule has 0 atom stereocenters. The molecular formula is C23H19N3O5S. The monoisotopic (exact) mass is 449 g/mol. The van der Waals surface area contributed by atoms with Crippen LogP contribution in [0, 0.1) is 17.0 Å². The minimum absolute atomic E-state index is 0.0150. The van der Waals surface area contributed by atoms with E-state index in [2.05, 4.69) is 4.98 Å². The van der Waals surface area contributed by atoms with Gasteiger partial charge >= 0.3 is 5.97 Å². The lowest BCUT2D eigenvalue weighted by Crippen LogP contribution is -2.21. The summed E-state index contributed by atoms with van der Waals surface area (Å²) in [6.45, 7) is 2.17. The maximum Gasteiger partial charge on any atom is 0.348 e. The Bertz CT molecular complexity index is 1340. The van der Waals surface area contributed by atoms with Gasteiger partial charge in [-0.2, -0.15) is 0 Å². The average Bonchev–Trinajstić information content (AvgIpc) is 3.14. The Kier molecular flexibility index (Phi) is 6.09. The highest BCUT2D eigenvalue weighted by Crippen LogP contribution is 2.27. The second kappa shape index (κ2) is 9.11. The molecule has 0 bridgehead atoms. The molecule has 32 heavy (non-hydrogen) atoms. The van der Waals surface area contributed by atoms with Crippen molar-refractivity contribution in [3.05, 3.63) is 103 Å². The molecule has 9 heteroatoms. The highest BCUT2D eigenvalue weighted by atomic mass is 32.1. The van der Waals surface area contributed by atoms with E-state index in [1.165, 1.54) is 23.0 Å². The quantitative estimate of drug-likeness (QED) is 0.239. The van der Waals surface area contributed by atoms with E-state index < -0.39 is 10.9 Å². The van der Waals surface area contributed by atoms with Gasteiger partial charge in [0.25, 0.3) is 11.2 Å². The number of carbonyl (C=O) groups is 1. The van der Waals surface area contributed by atoms with E-state index in [9.17, 15) is 19.7 Å². The molecule has 0 unspecified atom stereocenters. The fraction of sp³-hybridized carbons (Fsp3) is 0.174. The summed E-state index contributed by atoms with van der Waals surface area (Å²) in [5.41, 5.74) is 2.06. The second-order valence-electron chi connectivity index (χ2n) is 7.21. The van der Waals surface area contributed by atoms with Gasteiger partial charge in [0.2, 0.25) is 0 Å². The molecule has 0 aliphatic carbocycles. The second-order valence-corrected chi connectivity index (χ2v) is 8.21. The lowest BCUT2D eigenvalue weighted by molar-refractivity contribution is -0.384. The van der Waals surface area contributed by atoms with E-state index in [4.69, 9.17) is 4.74 Å². The smallest absolute Gasteiger partial charge is 0.348 e. The zero-order valence-corrected chi connectivity index (χ0v) is 18.0. The Balaban J connectivity index is 1.53. The number of hydrogen-bond acceptors (Lipinski definition) is 7. The summed E-state index contributed by atoms with van der Waals surface area (Å²) in [5.74, 6) is -0.470.